The molecule has 1 N–H and O–H groups in total. The van der Waals surface area contributed by atoms with E-state index >= 15 is 0 Å². The molecule has 1 atom stereocenters. The van der Waals surface area contributed by atoms with Crippen LogP contribution in [0.2, 0.25) is 0 Å². The number of hydrogen-bond acceptors (Lipinski definition) is 3. The second kappa shape index (κ2) is 5.70. The molecule has 0 aromatic carbocycles. The molecule has 0 unspecified atom stereocenters. The van der Waals surface area contributed by atoms with Crippen molar-refractivity contribution in [1.82, 2.24) is 4.90 Å². The number of carboxylic acids is 1. The molecule has 5 nitrogen and oxygen atoms in total. The Morgan fingerprint density at radius 3 is 2.80 bits per heavy atom. The Bertz CT molecular complexity index is 242. The van der Waals surface area contributed by atoms with E-state index in [9.17, 15) is 9.59 Å². The molecular weight excluding hydrogens is 198 g/mol. The maximum absolute atomic E-state index is 11.5. The highest BCUT2D eigenvalue weighted by Crippen LogP contribution is 2.17. The number of methoxy groups -OCH3 is 1. The maximum Gasteiger partial charge on any atom is 0.303 e. The van der Waals surface area contributed by atoms with Gasteiger partial charge in [0.1, 0.15) is 0 Å². The smallest absolute Gasteiger partial charge is 0.303 e. The van der Waals surface area contributed by atoms with Gasteiger partial charge in [-0.3, -0.25) is 9.59 Å². The zero-order chi connectivity index (χ0) is 11.3. The van der Waals surface area contributed by atoms with Crippen LogP contribution in [0.15, 0.2) is 0 Å². The van der Waals surface area contributed by atoms with Crippen molar-refractivity contribution >= 4 is 11.9 Å². The number of likely N-dealkylation sites (tertiary alicyclic amines) is 1. The topological polar surface area (TPSA) is 66.8 Å². The van der Waals surface area contributed by atoms with Crippen LogP contribution in [0.3, 0.4) is 0 Å². The molecule has 1 amide bonds. The molecule has 0 saturated carbocycles. The van der Waals surface area contributed by atoms with Crippen molar-refractivity contribution in [1.29, 1.82) is 0 Å². The van der Waals surface area contributed by atoms with E-state index in [-0.39, 0.29) is 18.7 Å². The molecule has 15 heavy (non-hydrogen) atoms. The first-order chi connectivity index (χ1) is 7.13. The highest BCUT2D eigenvalue weighted by molar-refractivity contribution is 5.80. The van der Waals surface area contributed by atoms with Gasteiger partial charge in [-0.1, -0.05) is 0 Å². The Morgan fingerprint density at radius 1 is 1.47 bits per heavy atom. The van der Waals surface area contributed by atoms with E-state index in [4.69, 9.17) is 9.84 Å². The Hall–Kier alpha value is -1.10. The summed E-state index contributed by atoms with van der Waals surface area (Å²) in [5, 5.41) is 8.45. The van der Waals surface area contributed by atoms with E-state index in [0.29, 0.717) is 19.1 Å². The molecule has 0 aromatic rings. The zero-order valence-electron chi connectivity index (χ0n) is 8.94. The molecule has 1 aliphatic rings. The Balaban J connectivity index is 2.27. The largest absolute Gasteiger partial charge is 0.481 e. The summed E-state index contributed by atoms with van der Waals surface area (Å²) < 4.78 is 5.02. The predicted molar refractivity (Wildman–Crippen MR) is 53.4 cm³/mol. The molecule has 1 aliphatic heterocycles. The fraction of sp³-hybridized carbons (Fsp3) is 0.800. The van der Waals surface area contributed by atoms with Gasteiger partial charge in [-0.05, 0) is 6.42 Å². The van der Waals surface area contributed by atoms with Crippen LogP contribution in [0.5, 0.6) is 0 Å². The van der Waals surface area contributed by atoms with E-state index < -0.39 is 5.97 Å². The first-order valence-electron chi connectivity index (χ1n) is 5.12. The SMILES string of the molecule is COC[C@H]1CCN(C(=O)CCC(=O)O)C1. The number of rotatable bonds is 5. The van der Waals surface area contributed by atoms with Gasteiger partial charge < -0.3 is 14.7 Å². The lowest BCUT2D eigenvalue weighted by Crippen LogP contribution is -2.29. The summed E-state index contributed by atoms with van der Waals surface area (Å²) >= 11 is 0. The van der Waals surface area contributed by atoms with Crippen LogP contribution in [-0.4, -0.2) is 48.7 Å². The fourth-order valence-corrected chi connectivity index (χ4v) is 1.80. The quantitative estimate of drug-likeness (QED) is 0.718. The summed E-state index contributed by atoms with van der Waals surface area (Å²) in [4.78, 5) is 23.5. The Kier molecular flexibility index (Phi) is 4.55. The number of carbonyl (C=O) groups excluding carboxylic acids is 1. The average molecular weight is 215 g/mol. The lowest BCUT2D eigenvalue weighted by atomic mass is 10.1. The van der Waals surface area contributed by atoms with Crippen LogP contribution in [0.25, 0.3) is 0 Å². The van der Waals surface area contributed by atoms with Crippen LogP contribution in [0.4, 0.5) is 0 Å². The van der Waals surface area contributed by atoms with E-state index in [2.05, 4.69) is 0 Å². The molecule has 0 bridgehead atoms. The normalized spacial score (nSPS) is 20.6. The van der Waals surface area contributed by atoms with E-state index in [0.717, 1.165) is 13.0 Å². The molecule has 86 valence electrons. The first kappa shape index (κ1) is 12.0. The van der Waals surface area contributed by atoms with Crippen molar-refractivity contribution in [2.45, 2.75) is 19.3 Å². The van der Waals surface area contributed by atoms with Crippen LogP contribution in [0, 0.1) is 5.92 Å². The van der Waals surface area contributed by atoms with Gasteiger partial charge in [-0.15, -0.1) is 0 Å². The molecule has 1 heterocycles. The lowest BCUT2D eigenvalue weighted by Gasteiger charge is -2.15. The highest BCUT2D eigenvalue weighted by Gasteiger charge is 2.25. The number of carbonyl (C=O) groups is 2. The third-order valence-corrected chi connectivity index (χ3v) is 2.59. The summed E-state index contributed by atoms with van der Waals surface area (Å²) in [6.07, 6.45) is 0.978. The van der Waals surface area contributed by atoms with Gasteiger partial charge >= 0.3 is 5.97 Å². The minimum Gasteiger partial charge on any atom is -0.481 e. The van der Waals surface area contributed by atoms with Crippen molar-refractivity contribution in [2.75, 3.05) is 26.8 Å². The van der Waals surface area contributed by atoms with Crippen molar-refractivity contribution in [3.05, 3.63) is 0 Å². The summed E-state index contributed by atoms with van der Waals surface area (Å²) in [6.45, 7) is 2.10. The Morgan fingerprint density at radius 2 is 2.20 bits per heavy atom. The highest BCUT2D eigenvalue weighted by atomic mass is 16.5. The predicted octanol–water partition coefficient (Wildman–Crippen LogP) is 0.346. The monoisotopic (exact) mass is 215 g/mol. The van der Waals surface area contributed by atoms with Gasteiger partial charge in [-0.2, -0.15) is 0 Å². The summed E-state index contributed by atoms with van der Waals surface area (Å²) in [6, 6.07) is 0. The number of hydrogen-bond donors (Lipinski definition) is 1. The van der Waals surface area contributed by atoms with Crippen LogP contribution < -0.4 is 0 Å². The third-order valence-electron chi connectivity index (χ3n) is 2.59. The molecule has 1 fully saturated rings. The molecule has 0 spiro atoms. The molecule has 0 aromatic heterocycles. The van der Waals surface area contributed by atoms with Crippen molar-refractivity contribution in [2.24, 2.45) is 5.92 Å². The minimum absolute atomic E-state index is 0.0593. The number of carboxylic acid groups (broad SMARTS) is 1. The van der Waals surface area contributed by atoms with Crippen LogP contribution >= 0.6 is 0 Å². The molecule has 0 aliphatic carbocycles. The number of amides is 1. The Labute approximate surface area is 89.0 Å². The number of nitrogens with zero attached hydrogens (tertiary/aromatic N) is 1. The van der Waals surface area contributed by atoms with Gasteiger partial charge in [0.05, 0.1) is 13.0 Å². The summed E-state index contributed by atoms with van der Waals surface area (Å²) in [5.41, 5.74) is 0. The van der Waals surface area contributed by atoms with E-state index in [1.54, 1.807) is 12.0 Å². The van der Waals surface area contributed by atoms with Gasteiger partial charge in [-0.25, -0.2) is 0 Å². The zero-order valence-corrected chi connectivity index (χ0v) is 8.94. The fourth-order valence-electron chi connectivity index (χ4n) is 1.80. The van der Waals surface area contributed by atoms with Crippen LogP contribution in [0.1, 0.15) is 19.3 Å². The van der Waals surface area contributed by atoms with E-state index in [1.807, 2.05) is 0 Å². The summed E-state index contributed by atoms with van der Waals surface area (Å²) in [7, 11) is 1.65. The van der Waals surface area contributed by atoms with Gasteiger partial charge in [0.2, 0.25) is 5.91 Å². The molecule has 1 rings (SSSR count). The lowest BCUT2D eigenvalue weighted by molar-refractivity contribution is -0.140. The second-order valence-corrected chi connectivity index (χ2v) is 3.84. The molecule has 1 saturated heterocycles. The molecular formula is C10H17NO4. The van der Waals surface area contributed by atoms with Crippen molar-refractivity contribution in [3.8, 4) is 0 Å². The third kappa shape index (κ3) is 3.87. The molecule has 5 heteroatoms. The standard InChI is InChI=1S/C10H17NO4/c1-15-7-8-4-5-11(6-8)9(12)2-3-10(13)14/h8H,2-7H2,1H3,(H,13,14)/t8-/m0/s1. The number of ether oxygens (including phenoxy) is 1. The number of aliphatic carboxylic acids is 1. The molecule has 0 radical (unpaired) electrons. The van der Waals surface area contributed by atoms with Gasteiger partial charge in [0.25, 0.3) is 0 Å². The summed E-state index contributed by atoms with van der Waals surface area (Å²) in [5.74, 6) is -0.573. The maximum atomic E-state index is 11.5. The van der Waals surface area contributed by atoms with Gasteiger partial charge in [0.15, 0.2) is 0 Å². The van der Waals surface area contributed by atoms with Crippen LogP contribution in [-0.2, 0) is 14.3 Å². The van der Waals surface area contributed by atoms with Crippen molar-refractivity contribution < 1.29 is 19.4 Å². The van der Waals surface area contributed by atoms with E-state index in [1.165, 1.54) is 0 Å². The first-order valence-corrected chi connectivity index (χ1v) is 5.12. The minimum atomic E-state index is -0.920. The van der Waals surface area contributed by atoms with Crippen molar-refractivity contribution in [3.63, 3.8) is 0 Å². The second-order valence-electron chi connectivity index (χ2n) is 3.84. The average Bonchev–Trinajstić information content (AvgIpc) is 2.63. The van der Waals surface area contributed by atoms with Gasteiger partial charge in [0, 0.05) is 32.5 Å².